The van der Waals surface area contributed by atoms with Gasteiger partial charge in [0.15, 0.2) is 6.10 Å². The van der Waals surface area contributed by atoms with E-state index in [2.05, 4.69) is 5.43 Å². The lowest BCUT2D eigenvalue weighted by Crippen LogP contribution is -2.16. The van der Waals surface area contributed by atoms with Gasteiger partial charge in [0.2, 0.25) is 0 Å². The third-order valence-corrected chi connectivity index (χ3v) is 2.37. The molecule has 0 radical (unpaired) electrons. The minimum absolute atomic E-state index is 0.256. The molecule has 0 aliphatic rings. The number of nitrogens with one attached hydrogen (secondary N) is 1. The highest BCUT2D eigenvalue weighted by Gasteiger charge is 2.19. The van der Waals surface area contributed by atoms with Gasteiger partial charge in [-0.1, -0.05) is 0 Å². The van der Waals surface area contributed by atoms with Crippen LogP contribution in [0, 0.1) is 3.57 Å². The lowest BCUT2D eigenvalue weighted by Gasteiger charge is -2.11. The number of anilines is 1. The highest BCUT2D eigenvalue weighted by atomic mass is 127. The van der Waals surface area contributed by atoms with E-state index in [1.807, 2.05) is 22.6 Å². The summed E-state index contributed by atoms with van der Waals surface area (Å²) in [5, 5.41) is 18.0. The number of aliphatic hydroxyl groups excluding tert-OH is 1. The van der Waals surface area contributed by atoms with Crippen LogP contribution in [-0.2, 0) is 4.79 Å². The van der Waals surface area contributed by atoms with Crippen molar-refractivity contribution in [3.63, 3.8) is 0 Å². The fourth-order valence-corrected chi connectivity index (χ4v) is 1.54. The monoisotopic (exact) mass is 308 g/mol. The number of hydrogen-bond acceptors (Lipinski definition) is 4. The summed E-state index contributed by atoms with van der Waals surface area (Å²) in [4.78, 5) is 10.6. The first-order valence-electron chi connectivity index (χ1n) is 3.73. The predicted octanol–water partition coefficient (Wildman–Crippen LogP) is 0.695. The molecule has 14 heavy (non-hydrogen) atoms. The third kappa shape index (κ3) is 2.34. The smallest absolute Gasteiger partial charge is 0.337 e. The van der Waals surface area contributed by atoms with Crippen LogP contribution in [0.15, 0.2) is 18.2 Å². The molecule has 1 aromatic carbocycles. The molecular weight excluding hydrogens is 299 g/mol. The van der Waals surface area contributed by atoms with Crippen molar-refractivity contribution in [2.45, 2.75) is 6.10 Å². The molecule has 6 heteroatoms. The number of rotatable bonds is 3. The van der Waals surface area contributed by atoms with Crippen LogP contribution in [0.5, 0.6) is 0 Å². The van der Waals surface area contributed by atoms with Gasteiger partial charge in [-0.2, -0.15) is 0 Å². The Hall–Kier alpha value is -0.860. The van der Waals surface area contributed by atoms with Gasteiger partial charge in [0.05, 0.1) is 5.69 Å². The number of hydrazine groups is 1. The van der Waals surface area contributed by atoms with Crippen molar-refractivity contribution in [3.05, 3.63) is 27.3 Å². The van der Waals surface area contributed by atoms with E-state index in [4.69, 9.17) is 10.9 Å². The fourth-order valence-electron chi connectivity index (χ4n) is 1.02. The van der Waals surface area contributed by atoms with Crippen molar-refractivity contribution in [1.82, 2.24) is 0 Å². The molecule has 0 spiro atoms. The minimum Gasteiger partial charge on any atom is -0.479 e. The molecule has 0 saturated heterocycles. The maximum atomic E-state index is 10.6. The van der Waals surface area contributed by atoms with Gasteiger partial charge < -0.3 is 15.6 Å². The average molecular weight is 308 g/mol. The van der Waals surface area contributed by atoms with Crippen molar-refractivity contribution in [2.24, 2.45) is 5.84 Å². The first kappa shape index (κ1) is 11.2. The SMILES string of the molecule is NNc1ccc(I)cc1C(O)C(=O)O. The molecule has 1 atom stereocenters. The summed E-state index contributed by atoms with van der Waals surface area (Å²) in [5.41, 5.74) is 2.99. The minimum atomic E-state index is -1.56. The first-order valence-corrected chi connectivity index (χ1v) is 4.81. The Bertz CT molecular complexity index is 356. The summed E-state index contributed by atoms with van der Waals surface area (Å²) < 4.78 is 0.830. The van der Waals surface area contributed by atoms with Gasteiger partial charge in [-0.3, -0.25) is 5.84 Å². The molecule has 0 bridgehead atoms. The van der Waals surface area contributed by atoms with Crippen molar-refractivity contribution in [2.75, 3.05) is 5.43 Å². The number of halogens is 1. The molecule has 76 valence electrons. The summed E-state index contributed by atoms with van der Waals surface area (Å²) in [6.07, 6.45) is -1.56. The Morgan fingerprint density at radius 1 is 1.57 bits per heavy atom. The van der Waals surface area contributed by atoms with E-state index in [9.17, 15) is 9.90 Å². The second-order valence-electron chi connectivity index (χ2n) is 2.62. The summed E-state index contributed by atoms with van der Waals surface area (Å²) >= 11 is 2.02. The van der Waals surface area contributed by atoms with E-state index in [0.717, 1.165) is 3.57 Å². The lowest BCUT2D eigenvalue weighted by molar-refractivity contribution is -0.146. The molecule has 0 heterocycles. The van der Waals surface area contributed by atoms with E-state index in [0.29, 0.717) is 5.69 Å². The number of carbonyl (C=O) groups is 1. The number of nitrogen functional groups attached to an aromatic ring is 1. The van der Waals surface area contributed by atoms with Crippen LogP contribution in [0.4, 0.5) is 5.69 Å². The van der Waals surface area contributed by atoms with Crippen LogP contribution < -0.4 is 11.3 Å². The maximum Gasteiger partial charge on any atom is 0.337 e. The fraction of sp³-hybridized carbons (Fsp3) is 0.125. The summed E-state index contributed by atoms with van der Waals surface area (Å²) in [6, 6.07) is 4.94. The summed E-state index contributed by atoms with van der Waals surface area (Å²) in [6.45, 7) is 0. The predicted molar refractivity (Wildman–Crippen MR) is 59.6 cm³/mol. The van der Waals surface area contributed by atoms with Crippen molar-refractivity contribution >= 4 is 34.2 Å². The zero-order valence-corrected chi connectivity index (χ0v) is 9.22. The van der Waals surface area contributed by atoms with Crippen LogP contribution in [0.1, 0.15) is 11.7 Å². The zero-order chi connectivity index (χ0) is 10.7. The Balaban J connectivity index is 3.16. The molecule has 1 rings (SSSR count). The molecule has 1 aromatic rings. The molecule has 5 nitrogen and oxygen atoms in total. The van der Waals surface area contributed by atoms with Crippen LogP contribution in [0.2, 0.25) is 0 Å². The Morgan fingerprint density at radius 3 is 2.71 bits per heavy atom. The first-order chi connectivity index (χ1) is 6.56. The van der Waals surface area contributed by atoms with Gasteiger partial charge in [0, 0.05) is 9.13 Å². The third-order valence-electron chi connectivity index (χ3n) is 1.70. The van der Waals surface area contributed by atoms with E-state index in [1.165, 1.54) is 0 Å². The van der Waals surface area contributed by atoms with Gasteiger partial charge in [0.25, 0.3) is 0 Å². The van der Waals surface area contributed by atoms with Crippen LogP contribution >= 0.6 is 22.6 Å². The van der Waals surface area contributed by atoms with Crippen LogP contribution in [-0.4, -0.2) is 16.2 Å². The lowest BCUT2D eigenvalue weighted by atomic mass is 10.1. The van der Waals surface area contributed by atoms with Gasteiger partial charge in [-0.25, -0.2) is 4.79 Å². The van der Waals surface area contributed by atoms with Gasteiger partial charge in [-0.05, 0) is 40.8 Å². The van der Waals surface area contributed by atoms with Crippen molar-refractivity contribution < 1.29 is 15.0 Å². The number of carboxylic acid groups (broad SMARTS) is 1. The molecule has 0 fully saturated rings. The topological polar surface area (TPSA) is 95.6 Å². The second kappa shape index (κ2) is 4.58. The largest absolute Gasteiger partial charge is 0.479 e. The molecule has 1 unspecified atom stereocenters. The van der Waals surface area contributed by atoms with E-state index in [1.54, 1.807) is 18.2 Å². The van der Waals surface area contributed by atoms with E-state index < -0.39 is 12.1 Å². The van der Waals surface area contributed by atoms with E-state index >= 15 is 0 Å². The molecule has 0 saturated carbocycles. The van der Waals surface area contributed by atoms with Gasteiger partial charge in [0.1, 0.15) is 0 Å². The van der Waals surface area contributed by atoms with Crippen molar-refractivity contribution in [1.29, 1.82) is 0 Å². The van der Waals surface area contributed by atoms with Crippen molar-refractivity contribution in [3.8, 4) is 0 Å². The number of nitrogens with two attached hydrogens (primary N) is 1. The summed E-state index contributed by atoms with van der Waals surface area (Å²) in [5.74, 6) is 3.88. The van der Waals surface area contributed by atoms with Crippen LogP contribution in [0.25, 0.3) is 0 Å². The van der Waals surface area contributed by atoms with Crippen LogP contribution in [0.3, 0.4) is 0 Å². The maximum absolute atomic E-state index is 10.6. The highest BCUT2D eigenvalue weighted by molar-refractivity contribution is 14.1. The number of benzene rings is 1. The Morgan fingerprint density at radius 2 is 2.21 bits per heavy atom. The average Bonchev–Trinajstić information content (AvgIpc) is 2.16. The molecule has 0 aliphatic carbocycles. The number of aliphatic carboxylic acids is 1. The molecule has 5 N–H and O–H groups in total. The molecular formula is C8H9IN2O3. The number of carboxylic acids is 1. The highest BCUT2D eigenvalue weighted by Crippen LogP contribution is 2.24. The van der Waals surface area contributed by atoms with Gasteiger partial charge >= 0.3 is 5.97 Å². The van der Waals surface area contributed by atoms with Gasteiger partial charge in [-0.15, -0.1) is 0 Å². The molecule has 0 aliphatic heterocycles. The standard InChI is InChI=1S/C8H9IN2O3/c9-4-1-2-6(11-10)5(3-4)7(12)8(13)14/h1-3,7,11-12H,10H2,(H,13,14). The number of aliphatic hydroxyl groups is 1. The molecule has 0 amide bonds. The normalized spacial score (nSPS) is 12.2. The number of hydrogen-bond donors (Lipinski definition) is 4. The summed E-state index contributed by atoms with van der Waals surface area (Å²) in [7, 11) is 0. The second-order valence-corrected chi connectivity index (χ2v) is 3.86. The van der Waals surface area contributed by atoms with E-state index in [-0.39, 0.29) is 5.56 Å². The zero-order valence-electron chi connectivity index (χ0n) is 7.07. The Kier molecular flexibility index (Phi) is 3.67. The quantitative estimate of drug-likeness (QED) is 0.374. The Labute approximate surface area is 94.0 Å². The molecule has 0 aromatic heterocycles.